The maximum absolute atomic E-state index is 13.0. The fourth-order valence-electron chi connectivity index (χ4n) is 4.23. The summed E-state index contributed by atoms with van der Waals surface area (Å²) in [5.74, 6) is 1.18. The number of anilines is 1. The zero-order valence-corrected chi connectivity index (χ0v) is 18.5. The Morgan fingerprint density at radius 2 is 1.81 bits per heavy atom. The highest BCUT2D eigenvalue weighted by atomic mass is 16.5. The maximum Gasteiger partial charge on any atom is 0.254 e. The Kier molecular flexibility index (Phi) is 6.75. The van der Waals surface area contributed by atoms with Crippen LogP contribution in [0.4, 0.5) is 5.69 Å². The summed E-state index contributed by atoms with van der Waals surface area (Å²) in [5, 5.41) is 0. The molecular weight excluding hydrogens is 406 g/mol. The van der Waals surface area contributed by atoms with Crippen molar-refractivity contribution in [2.24, 2.45) is 0 Å². The molecule has 0 radical (unpaired) electrons. The number of methoxy groups -OCH3 is 1. The van der Waals surface area contributed by atoms with E-state index in [1.54, 1.807) is 31.4 Å². The molecule has 2 aromatic rings. The van der Waals surface area contributed by atoms with Crippen LogP contribution in [0.3, 0.4) is 0 Å². The second-order valence-corrected chi connectivity index (χ2v) is 7.96. The number of benzene rings is 2. The van der Waals surface area contributed by atoms with Crippen molar-refractivity contribution in [3.8, 4) is 11.5 Å². The minimum absolute atomic E-state index is 0.0435. The van der Waals surface area contributed by atoms with Crippen molar-refractivity contribution in [3.63, 3.8) is 0 Å². The predicted octanol–water partition coefficient (Wildman–Crippen LogP) is 2.61. The third kappa shape index (κ3) is 4.62. The summed E-state index contributed by atoms with van der Waals surface area (Å²) in [6, 6.07) is 13.3. The summed E-state index contributed by atoms with van der Waals surface area (Å²) in [6.07, 6.45) is 2.57. The van der Waals surface area contributed by atoms with Crippen LogP contribution in [-0.2, 0) is 11.2 Å². The van der Waals surface area contributed by atoms with Crippen LogP contribution in [0.25, 0.3) is 0 Å². The second-order valence-electron chi connectivity index (χ2n) is 7.96. The van der Waals surface area contributed by atoms with Gasteiger partial charge in [0, 0.05) is 44.0 Å². The molecule has 0 bridgehead atoms. The second kappa shape index (κ2) is 9.87. The Balaban J connectivity index is 1.32. The van der Waals surface area contributed by atoms with Gasteiger partial charge in [0.05, 0.1) is 13.7 Å². The molecule has 2 aromatic carbocycles. The summed E-state index contributed by atoms with van der Waals surface area (Å²) in [7, 11) is 1.55. The van der Waals surface area contributed by atoms with Crippen molar-refractivity contribution in [2.75, 3.05) is 57.9 Å². The first-order chi connectivity index (χ1) is 15.6. The molecule has 0 aromatic heterocycles. The van der Waals surface area contributed by atoms with Crippen molar-refractivity contribution >= 4 is 17.5 Å². The Labute approximate surface area is 188 Å². The van der Waals surface area contributed by atoms with Gasteiger partial charge in [0.25, 0.3) is 5.91 Å². The van der Waals surface area contributed by atoms with Gasteiger partial charge >= 0.3 is 0 Å². The van der Waals surface area contributed by atoms with Gasteiger partial charge in [-0.25, -0.2) is 0 Å². The van der Waals surface area contributed by atoms with Crippen LogP contribution in [0.15, 0.2) is 55.1 Å². The van der Waals surface area contributed by atoms with Crippen LogP contribution in [0.2, 0.25) is 0 Å². The highest BCUT2D eigenvalue weighted by Crippen LogP contribution is 2.29. The molecule has 4 rings (SSSR count). The highest BCUT2D eigenvalue weighted by Gasteiger charge is 2.28. The highest BCUT2D eigenvalue weighted by molar-refractivity contribution is 5.97. The molecule has 7 nitrogen and oxygen atoms in total. The number of rotatable bonds is 7. The Morgan fingerprint density at radius 3 is 2.56 bits per heavy atom. The number of ether oxygens (including phenoxy) is 2. The van der Waals surface area contributed by atoms with Crippen LogP contribution in [-0.4, -0.2) is 74.6 Å². The van der Waals surface area contributed by atoms with Crippen LogP contribution >= 0.6 is 0 Å². The van der Waals surface area contributed by atoms with E-state index in [4.69, 9.17) is 9.47 Å². The summed E-state index contributed by atoms with van der Waals surface area (Å²) in [5.41, 5.74) is 2.82. The monoisotopic (exact) mass is 435 g/mol. The molecule has 7 heteroatoms. The number of hydrogen-bond donors (Lipinski definition) is 0. The number of hydrogen-bond acceptors (Lipinski definition) is 5. The lowest BCUT2D eigenvalue weighted by Gasteiger charge is -2.35. The van der Waals surface area contributed by atoms with Gasteiger partial charge in [-0.2, -0.15) is 0 Å². The molecule has 1 saturated heterocycles. The molecule has 2 aliphatic heterocycles. The van der Waals surface area contributed by atoms with Crippen LogP contribution in [0, 0.1) is 0 Å². The van der Waals surface area contributed by atoms with Gasteiger partial charge in [-0.05, 0) is 36.2 Å². The van der Waals surface area contributed by atoms with E-state index >= 15 is 0 Å². The SMILES string of the molecule is C=CCOc1ccc(C(=O)N2CCN(CC(=O)N3CCc4ccccc43)CC2)cc1OC. The van der Waals surface area contributed by atoms with Crippen LogP contribution in [0.1, 0.15) is 15.9 Å². The van der Waals surface area contributed by atoms with Gasteiger partial charge in [-0.1, -0.05) is 30.9 Å². The van der Waals surface area contributed by atoms with Crippen LogP contribution < -0.4 is 14.4 Å². The van der Waals surface area contributed by atoms with E-state index in [-0.39, 0.29) is 11.8 Å². The Morgan fingerprint density at radius 1 is 1.03 bits per heavy atom. The average molecular weight is 436 g/mol. The topological polar surface area (TPSA) is 62.3 Å². The molecule has 0 unspecified atom stereocenters. The minimum atomic E-state index is -0.0435. The molecule has 0 spiro atoms. The summed E-state index contributed by atoms with van der Waals surface area (Å²) in [6.45, 7) is 7.63. The number of para-hydroxylation sites is 1. The van der Waals surface area contributed by atoms with Gasteiger partial charge in [-0.3, -0.25) is 14.5 Å². The summed E-state index contributed by atoms with van der Waals surface area (Å²) < 4.78 is 10.9. The van der Waals surface area contributed by atoms with Crippen molar-refractivity contribution in [1.29, 1.82) is 0 Å². The van der Waals surface area contributed by atoms with Gasteiger partial charge < -0.3 is 19.3 Å². The predicted molar refractivity (Wildman–Crippen MR) is 124 cm³/mol. The van der Waals surface area contributed by atoms with Gasteiger partial charge in [-0.15, -0.1) is 0 Å². The molecule has 0 atom stereocenters. The fourth-order valence-corrected chi connectivity index (χ4v) is 4.23. The largest absolute Gasteiger partial charge is 0.493 e. The number of carbonyl (C=O) groups excluding carboxylic acids is 2. The summed E-state index contributed by atoms with van der Waals surface area (Å²) >= 11 is 0. The smallest absolute Gasteiger partial charge is 0.254 e. The lowest BCUT2D eigenvalue weighted by Crippen LogP contribution is -2.51. The van der Waals surface area contributed by atoms with Crippen molar-refractivity contribution < 1.29 is 19.1 Å². The zero-order valence-electron chi connectivity index (χ0n) is 18.5. The molecular formula is C25H29N3O4. The van der Waals surface area contributed by atoms with Gasteiger partial charge in [0.2, 0.25) is 5.91 Å². The van der Waals surface area contributed by atoms with E-state index in [1.165, 1.54) is 5.56 Å². The van der Waals surface area contributed by atoms with Crippen molar-refractivity contribution in [3.05, 3.63) is 66.2 Å². The lowest BCUT2D eigenvalue weighted by molar-refractivity contribution is -0.120. The quantitative estimate of drug-likeness (QED) is 0.626. The number of fused-ring (bicyclic) bond motifs is 1. The lowest BCUT2D eigenvalue weighted by atomic mass is 10.1. The van der Waals surface area contributed by atoms with E-state index in [9.17, 15) is 9.59 Å². The molecule has 168 valence electrons. The summed E-state index contributed by atoms with van der Waals surface area (Å²) in [4.78, 5) is 31.7. The zero-order chi connectivity index (χ0) is 22.5. The Bertz CT molecular complexity index is 998. The molecule has 0 N–H and O–H groups in total. The molecule has 1 fully saturated rings. The first kappa shape index (κ1) is 21.9. The number of nitrogens with zero attached hydrogens (tertiary/aromatic N) is 3. The van der Waals surface area contributed by atoms with E-state index in [2.05, 4.69) is 17.5 Å². The van der Waals surface area contributed by atoms with E-state index in [0.717, 1.165) is 18.7 Å². The number of amides is 2. The molecule has 32 heavy (non-hydrogen) atoms. The first-order valence-electron chi connectivity index (χ1n) is 10.9. The number of piperazine rings is 1. The van der Waals surface area contributed by atoms with Crippen molar-refractivity contribution in [1.82, 2.24) is 9.80 Å². The average Bonchev–Trinajstić information content (AvgIpc) is 3.27. The molecule has 2 heterocycles. The van der Waals surface area contributed by atoms with Gasteiger partial charge in [0.15, 0.2) is 11.5 Å². The standard InChI is InChI=1S/C25H29N3O4/c1-3-16-32-22-9-8-20(17-23(22)31-2)25(30)27-14-12-26(13-15-27)18-24(29)28-11-10-19-6-4-5-7-21(19)28/h3-9,17H,1,10-16,18H2,2H3. The molecule has 0 saturated carbocycles. The molecule has 2 amide bonds. The first-order valence-corrected chi connectivity index (χ1v) is 10.9. The van der Waals surface area contributed by atoms with E-state index in [0.29, 0.717) is 56.4 Å². The maximum atomic E-state index is 13.0. The van der Waals surface area contributed by atoms with Gasteiger partial charge in [0.1, 0.15) is 6.61 Å². The minimum Gasteiger partial charge on any atom is -0.493 e. The fraction of sp³-hybridized carbons (Fsp3) is 0.360. The Hall–Kier alpha value is -3.32. The van der Waals surface area contributed by atoms with Crippen LogP contribution in [0.5, 0.6) is 11.5 Å². The normalized spacial score (nSPS) is 15.9. The van der Waals surface area contributed by atoms with E-state index < -0.39 is 0 Å². The molecule has 0 aliphatic carbocycles. The van der Waals surface area contributed by atoms with Crippen molar-refractivity contribution in [2.45, 2.75) is 6.42 Å². The third-order valence-corrected chi connectivity index (χ3v) is 5.97. The third-order valence-electron chi connectivity index (χ3n) is 5.97. The number of carbonyl (C=O) groups is 2. The van der Waals surface area contributed by atoms with E-state index in [1.807, 2.05) is 28.0 Å². The molecule has 2 aliphatic rings.